The lowest BCUT2D eigenvalue weighted by Crippen LogP contribution is -2.46. The summed E-state index contributed by atoms with van der Waals surface area (Å²) in [5.74, 6) is 0.329. The molecule has 0 aliphatic carbocycles. The average Bonchev–Trinajstić information content (AvgIpc) is 2.77. The number of hydrogen-bond donors (Lipinski definition) is 2. The van der Waals surface area contributed by atoms with Crippen LogP contribution in [-0.2, 0) is 12.8 Å². The maximum absolute atomic E-state index is 13.3. The van der Waals surface area contributed by atoms with Crippen LogP contribution in [0, 0.1) is 16.5 Å². The van der Waals surface area contributed by atoms with E-state index in [1.54, 1.807) is 0 Å². The van der Waals surface area contributed by atoms with Gasteiger partial charge in [-0.3, -0.25) is 5.01 Å². The van der Waals surface area contributed by atoms with Gasteiger partial charge in [-0.1, -0.05) is 0 Å². The lowest BCUT2D eigenvalue weighted by Gasteiger charge is -2.33. The Morgan fingerprint density at radius 1 is 0.903 bits per heavy atom. The quantitative estimate of drug-likeness (QED) is 0.514. The molecule has 0 fully saturated rings. The van der Waals surface area contributed by atoms with E-state index in [-0.39, 0.29) is 24.7 Å². The standard InChI is InChI=1S/C22H24F2N2O5/c23-15-3-7-19-13(9-15)1-5-21(30-19)17(27)11-26(25-29)12-18(28)22-6-2-14-10-16(24)4-8-20(14)31-22/h3-4,7-10,17-18,21-22,27-28H,1-2,5-6,11-12H2. The van der Waals surface area contributed by atoms with Gasteiger partial charge in [-0.05, 0) is 73.2 Å². The van der Waals surface area contributed by atoms with Gasteiger partial charge in [-0.2, -0.15) is 0 Å². The number of benzene rings is 2. The van der Waals surface area contributed by atoms with Gasteiger partial charge in [0, 0.05) is 0 Å². The summed E-state index contributed by atoms with van der Waals surface area (Å²) in [5.41, 5.74) is 1.47. The van der Waals surface area contributed by atoms with Crippen molar-refractivity contribution in [2.75, 3.05) is 13.1 Å². The zero-order valence-electron chi connectivity index (χ0n) is 16.8. The lowest BCUT2D eigenvalue weighted by molar-refractivity contribution is -0.0275. The zero-order valence-corrected chi connectivity index (χ0v) is 16.8. The third-order valence-corrected chi connectivity index (χ3v) is 5.77. The third-order valence-electron chi connectivity index (χ3n) is 5.77. The summed E-state index contributed by atoms with van der Waals surface area (Å²) in [6, 6.07) is 8.44. The molecule has 0 saturated heterocycles. The predicted octanol–water partition coefficient (Wildman–Crippen LogP) is 2.76. The zero-order chi connectivity index (χ0) is 22.0. The summed E-state index contributed by atoms with van der Waals surface area (Å²) in [4.78, 5) is 11.3. The molecule has 4 atom stereocenters. The van der Waals surface area contributed by atoms with Crippen molar-refractivity contribution < 1.29 is 28.5 Å². The van der Waals surface area contributed by atoms with E-state index in [0.29, 0.717) is 37.2 Å². The molecule has 0 radical (unpaired) electrons. The SMILES string of the molecule is O=NN(CC(O)C1CCc2cc(F)ccc2O1)CC(O)C1CCc2cc(F)ccc2O1. The van der Waals surface area contributed by atoms with Crippen LogP contribution in [0.5, 0.6) is 11.5 Å². The summed E-state index contributed by atoms with van der Waals surface area (Å²) in [7, 11) is 0. The highest BCUT2D eigenvalue weighted by molar-refractivity contribution is 5.36. The van der Waals surface area contributed by atoms with E-state index in [2.05, 4.69) is 5.29 Å². The van der Waals surface area contributed by atoms with Crippen LogP contribution in [0.3, 0.4) is 0 Å². The van der Waals surface area contributed by atoms with Gasteiger partial charge < -0.3 is 19.7 Å². The first kappa shape index (κ1) is 21.5. The van der Waals surface area contributed by atoms with Crippen LogP contribution >= 0.6 is 0 Å². The van der Waals surface area contributed by atoms with E-state index < -0.39 is 24.4 Å². The third kappa shape index (κ3) is 4.94. The van der Waals surface area contributed by atoms with Gasteiger partial charge >= 0.3 is 0 Å². The Balaban J connectivity index is 1.32. The molecule has 0 spiro atoms. The lowest BCUT2D eigenvalue weighted by atomic mass is 9.98. The van der Waals surface area contributed by atoms with Crippen LogP contribution in [0.15, 0.2) is 41.7 Å². The van der Waals surface area contributed by atoms with Crippen LogP contribution < -0.4 is 9.47 Å². The Morgan fingerprint density at radius 3 is 1.77 bits per heavy atom. The van der Waals surface area contributed by atoms with E-state index in [9.17, 15) is 23.9 Å². The summed E-state index contributed by atoms with van der Waals surface area (Å²) in [5, 5.41) is 25.1. The number of halogens is 2. The molecule has 31 heavy (non-hydrogen) atoms. The van der Waals surface area contributed by atoms with E-state index in [0.717, 1.165) is 16.1 Å². The molecule has 2 N–H and O–H groups in total. The summed E-state index contributed by atoms with van der Waals surface area (Å²) in [6.45, 7) is -0.257. The Hall–Kier alpha value is -2.78. The van der Waals surface area contributed by atoms with E-state index in [1.165, 1.54) is 36.4 Å². The number of ether oxygens (including phenoxy) is 2. The Labute approximate surface area is 178 Å². The molecule has 2 heterocycles. The summed E-state index contributed by atoms with van der Waals surface area (Å²) < 4.78 is 38.2. The maximum atomic E-state index is 13.3. The number of nitroso groups, excluding NO2 is 1. The summed E-state index contributed by atoms with van der Waals surface area (Å²) >= 11 is 0. The normalized spacial score (nSPS) is 21.7. The van der Waals surface area contributed by atoms with Crippen LogP contribution in [0.4, 0.5) is 8.78 Å². The first-order valence-corrected chi connectivity index (χ1v) is 10.3. The first-order valence-electron chi connectivity index (χ1n) is 10.3. The molecule has 9 heteroatoms. The smallest absolute Gasteiger partial charge is 0.127 e. The number of aliphatic hydroxyl groups is 2. The molecule has 7 nitrogen and oxygen atoms in total. The number of nitrogens with zero attached hydrogens (tertiary/aromatic N) is 2. The van der Waals surface area contributed by atoms with Crippen LogP contribution in [-0.4, -0.2) is 52.7 Å². The van der Waals surface area contributed by atoms with Gasteiger partial charge in [-0.25, -0.2) is 8.78 Å². The molecule has 2 aromatic rings. The van der Waals surface area contributed by atoms with Crippen molar-refractivity contribution in [1.82, 2.24) is 5.01 Å². The Morgan fingerprint density at radius 2 is 1.35 bits per heavy atom. The number of aryl methyl sites for hydroxylation is 2. The number of rotatable bonds is 7. The molecule has 0 amide bonds. The maximum Gasteiger partial charge on any atom is 0.127 e. The predicted molar refractivity (Wildman–Crippen MR) is 108 cm³/mol. The van der Waals surface area contributed by atoms with Gasteiger partial charge in [0.25, 0.3) is 0 Å². The number of aliphatic hydroxyl groups excluding tert-OH is 2. The number of hydrogen-bond acceptors (Lipinski definition) is 6. The largest absolute Gasteiger partial charge is 0.487 e. The van der Waals surface area contributed by atoms with Gasteiger partial charge in [0.05, 0.1) is 18.4 Å². The molecule has 166 valence electrons. The fourth-order valence-corrected chi connectivity index (χ4v) is 4.11. The fraction of sp³-hybridized carbons (Fsp3) is 0.455. The second-order valence-electron chi connectivity index (χ2n) is 7.98. The highest BCUT2D eigenvalue weighted by atomic mass is 19.1. The molecule has 4 rings (SSSR count). The molecular formula is C22H24F2N2O5. The second kappa shape index (κ2) is 9.15. The summed E-state index contributed by atoms with van der Waals surface area (Å²) in [6.07, 6.45) is -1.20. The minimum atomic E-state index is -1.03. The van der Waals surface area contributed by atoms with Crippen LogP contribution in [0.1, 0.15) is 24.0 Å². The average molecular weight is 434 g/mol. The minimum absolute atomic E-state index is 0.129. The van der Waals surface area contributed by atoms with E-state index in [1.807, 2.05) is 0 Å². The van der Waals surface area contributed by atoms with Gasteiger partial charge in [0.2, 0.25) is 0 Å². The molecular weight excluding hydrogens is 410 g/mol. The van der Waals surface area contributed by atoms with Gasteiger partial charge in [0.1, 0.15) is 47.5 Å². The molecule has 0 bridgehead atoms. The first-order chi connectivity index (χ1) is 14.9. The van der Waals surface area contributed by atoms with E-state index in [4.69, 9.17) is 9.47 Å². The second-order valence-corrected chi connectivity index (χ2v) is 7.98. The van der Waals surface area contributed by atoms with Crippen LogP contribution in [0.25, 0.3) is 0 Å². The Kier molecular flexibility index (Phi) is 6.33. The number of fused-ring (bicyclic) bond motifs is 2. The van der Waals surface area contributed by atoms with Crippen molar-refractivity contribution in [2.45, 2.75) is 50.1 Å². The highest BCUT2D eigenvalue weighted by Crippen LogP contribution is 2.31. The molecule has 0 saturated carbocycles. The molecule has 2 aliphatic rings. The molecule has 2 aromatic carbocycles. The molecule has 2 aliphatic heterocycles. The van der Waals surface area contributed by atoms with Crippen molar-refractivity contribution in [3.63, 3.8) is 0 Å². The molecule has 4 unspecified atom stereocenters. The topological polar surface area (TPSA) is 91.6 Å². The minimum Gasteiger partial charge on any atom is -0.487 e. The van der Waals surface area contributed by atoms with Crippen molar-refractivity contribution in [2.24, 2.45) is 5.29 Å². The van der Waals surface area contributed by atoms with Crippen molar-refractivity contribution >= 4 is 0 Å². The fourth-order valence-electron chi connectivity index (χ4n) is 4.11. The van der Waals surface area contributed by atoms with Crippen molar-refractivity contribution in [3.8, 4) is 11.5 Å². The Bertz CT molecular complexity index is 873. The van der Waals surface area contributed by atoms with Crippen molar-refractivity contribution in [3.05, 3.63) is 64.1 Å². The highest BCUT2D eigenvalue weighted by Gasteiger charge is 2.32. The van der Waals surface area contributed by atoms with Crippen LogP contribution in [0.2, 0.25) is 0 Å². The van der Waals surface area contributed by atoms with E-state index >= 15 is 0 Å². The monoisotopic (exact) mass is 434 g/mol. The molecule has 0 aromatic heterocycles. The van der Waals surface area contributed by atoms with Gasteiger partial charge in [0.15, 0.2) is 0 Å². The van der Waals surface area contributed by atoms with Gasteiger partial charge in [-0.15, -0.1) is 4.91 Å². The van der Waals surface area contributed by atoms with Crippen molar-refractivity contribution in [1.29, 1.82) is 0 Å².